The quantitative estimate of drug-likeness (QED) is 0.786. The van der Waals surface area contributed by atoms with Crippen LogP contribution >= 0.6 is 26.6 Å². The van der Waals surface area contributed by atoms with Crippen molar-refractivity contribution in [3.63, 3.8) is 0 Å². The van der Waals surface area contributed by atoms with Gasteiger partial charge < -0.3 is 10.1 Å². The van der Waals surface area contributed by atoms with Gasteiger partial charge in [-0.2, -0.15) is 0 Å². The molecule has 0 heterocycles. The Hall–Kier alpha value is -0.700. The summed E-state index contributed by atoms with van der Waals surface area (Å²) in [6, 6.07) is 1.41. The molecule has 112 valence electrons. The highest BCUT2D eigenvalue weighted by Crippen LogP contribution is 2.28. The lowest BCUT2D eigenvalue weighted by atomic mass is 10.2. The number of hydrogen-bond acceptors (Lipinski definition) is 4. The van der Waals surface area contributed by atoms with Crippen LogP contribution in [0.4, 0.5) is 4.39 Å². The normalized spacial score (nSPS) is 13.1. The Labute approximate surface area is 129 Å². The zero-order chi connectivity index (χ0) is 15.5. The van der Waals surface area contributed by atoms with E-state index < -0.39 is 26.3 Å². The fourth-order valence-electron chi connectivity index (χ4n) is 1.48. The predicted octanol–water partition coefficient (Wildman–Crippen LogP) is 2.28. The van der Waals surface area contributed by atoms with Gasteiger partial charge in [-0.25, -0.2) is 12.8 Å². The highest BCUT2D eigenvalue weighted by atomic mass is 79.9. The van der Waals surface area contributed by atoms with Crippen molar-refractivity contribution in [3.8, 4) is 0 Å². The highest BCUT2D eigenvalue weighted by Gasteiger charge is 2.22. The Morgan fingerprint density at radius 2 is 2.15 bits per heavy atom. The van der Waals surface area contributed by atoms with Gasteiger partial charge in [0.05, 0.1) is 17.1 Å². The molecule has 0 spiro atoms. The van der Waals surface area contributed by atoms with Crippen LogP contribution in [0.2, 0.25) is 0 Å². The van der Waals surface area contributed by atoms with E-state index in [1.807, 2.05) is 0 Å². The van der Waals surface area contributed by atoms with Crippen LogP contribution in [0.5, 0.6) is 0 Å². The summed E-state index contributed by atoms with van der Waals surface area (Å²) in [5.74, 6) is -1.61. The van der Waals surface area contributed by atoms with Crippen LogP contribution < -0.4 is 5.32 Å². The first-order valence-corrected chi connectivity index (χ1v) is 8.50. The van der Waals surface area contributed by atoms with Gasteiger partial charge in [0, 0.05) is 28.3 Å². The minimum Gasteiger partial charge on any atom is -0.383 e. The SMILES string of the molecule is COCC(C)NC(=O)c1cc(S(=O)(=O)Cl)c(Br)cc1F. The van der Waals surface area contributed by atoms with Crippen LogP contribution in [-0.4, -0.2) is 34.1 Å². The Morgan fingerprint density at radius 3 is 2.65 bits per heavy atom. The first-order chi connectivity index (χ1) is 9.16. The molecule has 1 N–H and O–H groups in total. The maximum absolute atomic E-state index is 13.7. The second-order valence-corrected chi connectivity index (χ2v) is 7.42. The molecule has 0 saturated carbocycles. The van der Waals surface area contributed by atoms with Crippen molar-refractivity contribution >= 4 is 41.6 Å². The number of ether oxygens (including phenoxy) is 1. The molecular formula is C11H12BrClFNO4S. The molecule has 0 aliphatic heterocycles. The van der Waals surface area contributed by atoms with E-state index in [4.69, 9.17) is 15.4 Å². The lowest BCUT2D eigenvalue weighted by molar-refractivity contribution is 0.0901. The number of carbonyl (C=O) groups excluding carboxylic acids is 1. The maximum Gasteiger partial charge on any atom is 0.262 e. The smallest absolute Gasteiger partial charge is 0.262 e. The van der Waals surface area contributed by atoms with E-state index in [0.29, 0.717) is 0 Å². The summed E-state index contributed by atoms with van der Waals surface area (Å²) in [5.41, 5.74) is -0.407. The van der Waals surface area contributed by atoms with Crippen molar-refractivity contribution in [2.24, 2.45) is 0 Å². The molecule has 0 saturated heterocycles. The minimum atomic E-state index is -4.09. The summed E-state index contributed by atoms with van der Waals surface area (Å²) >= 11 is 2.89. The van der Waals surface area contributed by atoms with E-state index in [9.17, 15) is 17.6 Å². The molecule has 1 unspecified atom stereocenters. The lowest BCUT2D eigenvalue weighted by Gasteiger charge is -2.13. The largest absolute Gasteiger partial charge is 0.383 e. The Morgan fingerprint density at radius 1 is 1.55 bits per heavy atom. The molecular weight excluding hydrogens is 377 g/mol. The van der Waals surface area contributed by atoms with E-state index in [1.54, 1.807) is 6.92 Å². The number of amides is 1. The molecule has 5 nitrogen and oxygen atoms in total. The molecule has 0 aliphatic rings. The number of halogens is 3. The van der Waals surface area contributed by atoms with Crippen molar-refractivity contribution in [3.05, 3.63) is 28.0 Å². The highest BCUT2D eigenvalue weighted by molar-refractivity contribution is 9.10. The topological polar surface area (TPSA) is 72.5 Å². The third kappa shape index (κ3) is 4.41. The Bertz CT molecular complexity index is 623. The van der Waals surface area contributed by atoms with Crippen LogP contribution in [0.15, 0.2) is 21.5 Å². The summed E-state index contributed by atoms with van der Waals surface area (Å²) in [6.45, 7) is 1.90. The molecule has 0 aliphatic carbocycles. The number of methoxy groups -OCH3 is 1. The molecule has 1 aromatic rings. The molecule has 9 heteroatoms. The molecule has 0 fully saturated rings. The zero-order valence-corrected chi connectivity index (χ0v) is 13.8. The summed E-state index contributed by atoms with van der Waals surface area (Å²) in [4.78, 5) is 11.5. The van der Waals surface area contributed by atoms with Crippen LogP contribution in [0.3, 0.4) is 0 Å². The van der Waals surface area contributed by atoms with Crippen LogP contribution in [0.1, 0.15) is 17.3 Å². The average molecular weight is 389 g/mol. The van der Waals surface area contributed by atoms with Gasteiger partial charge in [-0.1, -0.05) is 0 Å². The van der Waals surface area contributed by atoms with Gasteiger partial charge in [-0.3, -0.25) is 4.79 Å². The minimum absolute atomic E-state index is 0.0495. The average Bonchev–Trinajstić information content (AvgIpc) is 2.26. The number of hydrogen-bond donors (Lipinski definition) is 1. The molecule has 20 heavy (non-hydrogen) atoms. The molecule has 1 rings (SSSR count). The summed E-state index contributed by atoms with van der Waals surface area (Å²) in [6.07, 6.45) is 0. The number of rotatable bonds is 5. The van der Waals surface area contributed by atoms with Crippen molar-refractivity contribution in [1.82, 2.24) is 5.32 Å². The number of benzene rings is 1. The monoisotopic (exact) mass is 387 g/mol. The van der Waals surface area contributed by atoms with Gasteiger partial charge in [0.2, 0.25) is 0 Å². The van der Waals surface area contributed by atoms with Crippen molar-refractivity contribution < 1.29 is 22.3 Å². The summed E-state index contributed by atoms with van der Waals surface area (Å²) in [7, 11) is 2.58. The van der Waals surface area contributed by atoms with Crippen LogP contribution in [0.25, 0.3) is 0 Å². The van der Waals surface area contributed by atoms with E-state index >= 15 is 0 Å². The zero-order valence-electron chi connectivity index (χ0n) is 10.6. The fraction of sp³-hybridized carbons (Fsp3) is 0.364. The fourth-order valence-corrected chi connectivity index (χ4v) is 3.65. The molecule has 0 aromatic heterocycles. The van der Waals surface area contributed by atoms with Gasteiger partial charge >= 0.3 is 0 Å². The van der Waals surface area contributed by atoms with Crippen molar-refractivity contribution in [2.45, 2.75) is 17.9 Å². The second-order valence-electron chi connectivity index (χ2n) is 4.03. The van der Waals surface area contributed by atoms with Crippen LogP contribution in [-0.2, 0) is 13.8 Å². The third-order valence-electron chi connectivity index (χ3n) is 2.32. The Kier molecular flexibility index (Phi) is 5.93. The van der Waals surface area contributed by atoms with Gasteiger partial charge in [0.1, 0.15) is 5.82 Å². The molecule has 1 atom stereocenters. The third-order valence-corrected chi connectivity index (χ3v) is 4.60. The number of nitrogens with one attached hydrogen (secondary N) is 1. The molecule has 0 bridgehead atoms. The van der Waals surface area contributed by atoms with Crippen molar-refractivity contribution in [2.75, 3.05) is 13.7 Å². The Balaban J connectivity index is 3.16. The van der Waals surface area contributed by atoms with Gasteiger partial charge in [-0.05, 0) is 35.0 Å². The molecule has 1 amide bonds. The van der Waals surface area contributed by atoms with Crippen LogP contribution in [0, 0.1) is 5.82 Å². The maximum atomic E-state index is 13.7. The first-order valence-electron chi connectivity index (χ1n) is 5.40. The van der Waals surface area contributed by atoms with E-state index in [1.165, 1.54) is 7.11 Å². The predicted molar refractivity (Wildman–Crippen MR) is 75.9 cm³/mol. The lowest BCUT2D eigenvalue weighted by Crippen LogP contribution is -2.36. The van der Waals surface area contributed by atoms with Crippen molar-refractivity contribution in [1.29, 1.82) is 0 Å². The van der Waals surface area contributed by atoms with Gasteiger partial charge in [-0.15, -0.1) is 0 Å². The summed E-state index contributed by atoms with van der Waals surface area (Å²) < 4.78 is 41.2. The number of carbonyl (C=O) groups is 1. The van der Waals surface area contributed by atoms with Gasteiger partial charge in [0.25, 0.3) is 15.0 Å². The second kappa shape index (κ2) is 6.84. The first kappa shape index (κ1) is 17.4. The van der Waals surface area contributed by atoms with Gasteiger partial charge in [0.15, 0.2) is 0 Å². The van der Waals surface area contributed by atoms with E-state index in [0.717, 1.165) is 12.1 Å². The molecule has 0 radical (unpaired) electrons. The van der Waals surface area contributed by atoms with E-state index in [2.05, 4.69) is 21.2 Å². The summed E-state index contributed by atoms with van der Waals surface area (Å²) in [5, 5.41) is 2.48. The van der Waals surface area contributed by atoms with E-state index in [-0.39, 0.29) is 22.0 Å². The molecule has 1 aromatic carbocycles. The standard InChI is InChI=1S/C11H12BrClFNO4S/c1-6(5-19-2)15-11(16)7-3-10(20(13,17)18)8(12)4-9(7)14/h3-4,6H,5H2,1-2H3,(H,15,16).